The third kappa shape index (κ3) is 2.35. The highest BCUT2D eigenvalue weighted by atomic mass is 16.4. The number of anilines is 1. The summed E-state index contributed by atoms with van der Waals surface area (Å²) < 4.78 is 0. The molecule has 1 aliphatic rings. The van der Waals surface area contributed by atoms with Gasteiger partial charge in [0.2, 0.25) is 0 Å². The average molecular weight is 233 g/mol. The Balaban J connectivity index is 2.40. The zero-order valence-electron chi connectivity index (χ0n) is 10.3. The van der Waals surface area contributed by atoms with Gasteiger partial charge in [0, 0.05) is 24.3 Å². The van der Waals surface area contributed by atoms with Crippen LogP contribution in [0.25, 0.3) is 0 Å². The fraction of sp³-hybridized carbons (Fsp3) is 0.462. The smallest absolute Gasteiger partial charge is 0.172 e. The Labute approximate surface area is 102 Å². The molecule has 92 valence electrons. The summed E-state index contributed by atoms with van der Waals surface area (Å²) in [5.74, 6) is 0.884. The van der Waals surface area contributed by atoms with Gasteiger partial charge in [0.05, 0.1) is 0 Å². The van der Waals surface area contributed by atoms with E-state index in [1.54, 1.807) is 0 Å². The van der Waals surface area contributed by atoms with E-state index >= 15 is 0 Å². The van der Waals surface area contributed by atoms with Crippen molar-refractivity contribution in [3.8, 4) is 0 Å². The van der Waals surface area contributed by atoms with Crippen LogP contribution in [0.4, 0.5) is 5.69 Å². The van der Waals surface area contributed by atoms with E-state index in [1.165, 1.54) is 12.0 Å². The van der Waals surface area contributed by atoms with Crippen LogP contribution in [-0.4, -0.2) is 24.1 Å². The van der Waals surface area contributed by atoms with Crippen molar-refractivity contribution in [2.75, 3.05) is 18.0 Å². The molecule has 1 unspecified atom stereocenters. The molecule has 0 radical (unpaired) electrons. The van der Waals surface area contributed by atoms with Crippen LogP contribution in [0.15, 0.2) is 23.4 Å². The summed E-state index contributed by atoms with van der Waals surface area (Å²) in [7, 11) is 0. The van der Waals surface area contributed by atoms with Crippen molar-refractivity contribution in [2.24, 2.45) is 16.8 Å². The molecule has 0 bridgehead atoms. The minimum atomic E-state index is 0.180. The van der Waals surface area contributed by atoms with Crippen LogP contribution in [-0.2, 0) is 0 Å². The first-order valence-corrected chi connectivity index (χ1v) is 5.95. The van der Waals surface area contributed by atoms with Crippen molar-refractivity contribution in [1.29, 1.82) is 0 Å². The maximum absolute atomic E-state index is 8.82. The van der Waals surface area contributed by atoms with Gasteiger partial charge in [0.1, 0.15) is 0 Å². The molecule has 1 aliphatic heterocycles. The minimum Gasteiger partial charge on any atom is -0.409 e. The van der Waals surface area contributed by atoms with Crippen LogP contribution in [0.2, 0.25) is 0 Å². The fourth-order valence-electron chi connectivity index (χ4n) is 2.33. The summed E-state index contributed by atoms with van der Waals surface area (Å²) in [5, 5.41) is 11.9. The Morgan fingerprint density at radius 2 is 2.29 bits per heavy atom. The van der Waals surface area contributed by atoms with E-state index in [1.807, 2.05) is 12.1 Å². The van der Waals surface area contributed by atoms with Crippen LogP contribution in [0.1, 0.15) is 24.5 Å². The molecule has 4 nitrogen and oxygen atoms in total. The normalized spacial score (nSPS) is 20.9. The molecule has 1 aromatic rings. The lowest BCUT2D eigenvalue weighted by molar-refractivity contribution is 0.318. The van der Waals surface area contributed by atoms with Crippen molar-refractivity contribution >= 4 is 11.5 Å². The topological polar surface area (TPSA) is 61.9 Å². The zero-order chi connectivity index (χ0) is 12.4. The van der Waals surface area contributed by atoms with Gasteiger partial charge < -0.3 is 15.8 Å². The fourth-order valence-corrected chi connectivity index (χ4v) is 2.33. The highest BCUT2D eigenvalue weighted by Gasteiger charge is 2.22. The van der Waals surface area contributed by atoms with Crippen LogP contribution in [0.3, 0.4) is 0 Å². The molecule has 0 amide bonds. The minimum absolute atomic E-state index is 0.180. The number of rotatable bonds is 2. The van der Waals surface area contributed by atoms with Gasteiger partial charge in [0.15, 0.2) is 5.84 Å². The van der Waals surface area contributed by atoms with Crippen molar-refractivity contribution in [3.05, 3.63) is 29.3 Å². The molecule has 1 saturated heterocycles. The molecule has 1 atom stereocenters. The first-order valence-electron chi connectivity index (χ1n) is 5.95. The molecule has 3 N–H and O–H groups in total. The Kier molecular flexibility index (Phi) is 3.22. The lowest BCUT2D eigenvalue weighted by Gasteiger charge is -2.22. The molecular formula is C13H19N3O. The van der Waals surface area contributed by atoms with Gasteiger partial charge >= 0.3 is 0 Å². The summed E-state index contributed by atoms with van der Waals surface area (Å²) in [6.45, 7) is 6.38. The monoisotopic (exact) mass is 233 g/mol. The van der Waals surface area contributed by atoms with Gasteiger partial charge in [0.25, 0.3) is 0 Å². The number of aryl methyl sites for hydroxylation is 1. The lowest BCUT2D eigenvalue weighted by Crippen LogP contribution is -2.24. The van der Waals surface area contributed by atoms with Gasteiger partial charge in [-0.1, -0.05) is 18.1 Å². The maximum atomic E-state index is 8.82. The number of amidine groups is 1. The number of benzene rings is 1. The van der Waals surface area contributed by atoms with Crippen LogP contribution < -0.4 is 10.6 Å². The molecule has 2 rings (SSSR count). The van der Waals surface area contributed by atoms with Gasteiger partial charge in [-0.3, -0.25) is 0 Å². The third-order valence-electron chi connectivity index (χ3n) is 3.30. The molecule has 1 aromatic carbocycles. The number of hydrogen-bond acceptors (Lipinski definition) is 3. The Bertz CT molecular complexity index is 442. The van der Waals surface area contributed by atoms with Crippen LogP contribution in [0, 0.1) is 12.8 Å². The second kappa shape index (κ2) is 4.65. The molecule has 0 spiro atoms. The molecule has 0 saturated carbocycles. The van der Waals surface area contributed by atoms with E-state index in [4.69, 9.17) is 10.9 Å². The van der Waals surface area contributed by atoms with Crippen molar-refractivity contribution in [1.82, 2.24) is 0 Å². The largest absolute Gasteiger partial charge is 0.409 e. The number of nitrogens with zero attached hydrogens (tertiary/aromatic N) is 2. The maximum Gasteiger partial charge on any atom is 0.172 e. The predicted octanol–water partition coefficient (Wildman–Crippen LogP) is 1.94. The van der Waals surface area contributed by atoms with Crippen molar-refractivity contribution < 1.29 is 5.21 Å². The second-order valence-electron chi connectivity index (χ2n) is 4.85. The number of nitrogens with two attached hydrogens (primary N) is 1. The average Bonchev–Trinajstić information content (AvgIpc) is 2.75. The SMILES string of the molecule is Cc1ccc(C(N)=NO)c(N2CCC(C)C2)c1. The Morgan fingerprint density at radius 3 is 2.88 bits per heavy atom. The zero-order valence-corrected chi connectivity index (χ0v) is 10.3. The van der Waals surface area contributed by atoms with Crippen molar-refractivity contribution in [3.63, 3.8) is 0 Å². The summed E-state index contributed by atoms with van der Waals surface area (Å²) in [6.07, 6.45) is 1.20. The highest BCUT2D eigenvalue weighted by Crippen LogP contribution is 2.27. The van der Waals surface area contributed by atoms with Crippen LogP contribution in [0.5, 0.6) is 0 Å². The standard InChI is InChI=1S/C13H19N3O/c1-9-3-4-11(13(14)15-17)12(7-9)16-6-5-10(2)8-16/h3-4,7,10,17H,5-6,8H2,1-2H3,(H2,14,15). The quantitative estimate of drug-likeness (QED) is 0.355. The molecule has 0 aromatic heterocycles. The molecule has 4 heteroatoms. The van der Waals surface area contributed by atoms with Crippen molar-refractivity contribution in [2.45, 2.75) is 20.3 Å². The van der Waals surface area contributed by atoms with Gasteiger partial charge in [-0.2, -0.15) is 0 Å². The van der Waals surface area contributed by atoms with Gasteiger partial charge in [-0.05, 0) is 37.0 Å². The van der Waals surface area contributed by atoms with E-state index in [2.05, 4.69) is 30.0 Å². The highest BCUT2D eigenvalue weighted by molar-refractivity contribution is 6.02. The number of oxime groups is 1. The summed E-state index contributed by atoms with van der Waals surface area (Å²) in [4.78, 5) is 2.31. The number of hydrogen-bond donors (Lipinski definition) is 2. The van der Waals surface area contributed by atoms with E-state index in [-0.39, 0.29) is 5.84 Å². The second-order valence-corrected chi connectivity index (χ2v) is 4.85. The molecule has 0 aliphatic carbocycles. The summed E-state index contributed by atoms with van der Waals surface area (Å²) in [6, 6.07) is 6.00. The third-order valence-corrected chi connectivity index (χ3v) is 3.30. The predicted molar refractivity (Wildman–Crippen MR) is 69.7 cm³/mol. The Hall–Kier alpha value is -1.71. The molecule has 17 heavy (non-hydrogen) atoms. The first-order chi connectivity index (χ1) is 8.11. The lowest BCUT2D eigenvalue weighted by atomic mass is 10.1. The van der Waals surface area contributed by atoms with E-state index in [0.29, 0.717) is 5.92 Å². The molecule has 1 heterocycles. The van der Waals surface area contributed by atoms with E-state index in [9.17, 15) is 0 Å². The van der Waals surface area contributed by atoms with Gasteiger partial charge in [-0.15, -0.1) is 0 Å². The van der Waals surface area contributed by atoms with Gasteiger partial charge in [-0.25, -0.2) is 0 Å². The molecular weight excluding hydrogens is 214 g/mol. The molecule has 1 fully saturated rings. The van der Waals surface area contributed by atoms with E-state index in [0.717, 1.165) is 24.3 Å². The van der Waals surface area contributed by atoms with E-state index < -0.39 is 0 Å². The summed E-state index contributed by atoms with van der Waals surface area (Å²) >= 11 is 0. The Morgan fingerprint density at radius 1 is 1.53 bits per heavy atom. The van der Waals surface area contributed by atoms with Crippen LogP contribution >= 0.6 is 0 Å². The first kappa shape index (κ1) is 11.8. The summed E-state index contributed by atoms with van der Waals surface area (Å²) in [5.41, 5.74) is 8.80.